The van der Waals surface area contributed by atoms with Gasteiger partial charge in [0, 0.05) is 18.5 Å². The molecule has 2 aromatic rings. The Morgan fingerprint density at radius 1 is 1.07 bits per heavy atom. The summed E-state index contributed by atoms with van der Waals surface area (Å²) in [5.74, 6) is -1.01. The minimum absolute atomic E-state index is 0.0334. The summed E-state index contributed by atoms with van der Waals surface area (Å²) in [6.07, 6.45) is 0.601. The fraction of sp³-hybridized carbons (Fsp3) is 0.391. The highest BCUT2D eigenvalue weighted by Crippen LogP contribution is 2.44. The van der Waals surface area contributed by atoms with Crippen LogP contribution in [0.3, 0.4) is 0 Å². The summed E-state index contributed by atoms with van der Waals surface area (Å²) in [6, 6.07) is 15.6. The number of ether oxygens (including phenoxy) is 1. The van der Waals surface area contributed by atoms with Gasteiger partial charge in [0.25, 0.3) is 0 Å². The maximum atomic E-state index is 12.8. The number of likely N-dealkylation sites (tertiary alicyclic amines) is 1. The zero-order chi connectivity index (χ0) is 20.5. The van der Waals surface area contributed by atoms with Crippen LogP contribution in [0.15, 0.2) is 48.5 Å². The van der Waals surface area contributed by atoms with E-state index in [0.29, 0.717) is 13.0 Å². The smallest absolute Gasteiger partial charge is 0.410 e. The van der Waals surface area contributed by atoms with Crippen molar-refractivity contribution >= 4 is 12.1 Å². The van der Waals surface area contributed by atoms with Crippen molar-refractivity contribution in [2.24, 2.45) is 0 Å². The summed E-state index contributed by atoms with van der Waals surface area (Å²) in [4.78, 5) is 27.9. The lowest BCUT2D eigenvalue weighted by Crippen LogP contribution is -2.54. The molecule has 1 fully saturated rings. The van der Waals surface area contributed by atoms with Crippen LogP contribution < -0.4 is 0 Å². The summed E-state index contributed by atoms with van der Waals surface area (Å²) in [7, 11) is 3.87. The van der Waals surface area contributed by atoms with Gasteiger partial charge in [0.1, 0.15) is 12.6 Å². The van der Waals surface area contributed by atoms with Gasteiger partial charge in [-0.25, -0.2) is 9.59 Å². The van der Waals surface area contributed by atoms with Crippen molar-refractivity contribution in [2.75, 3.05) is 27.2 Å². The number of fused-ring (bicyclic) bond motifs is 3. The van der Waals surface area contributed by atoms with Crippen LogP contribution in [0.25, 0.3) is 11.1 Å². The van der Waals surface area contributed by atoms with Crippen molar-refractivity contribution in [2.45, 2.75) is 30.8 Å². The second-order valence-electron chi connectivity index (χ2n) is 7.99. The first-order valence-corrected chi connectivity index (χ1v) is 9.98. The molecule has 1 heterocycles. The predicted octanol–water partition coefficient (Wildman–Crippen LogP) is 3.41. The molecule has 1 saturated heterocycles. The number of carboxylic acid groups (broad SMARTS) is 1. The van der Waals surface area contributed by atoms with Crippen LogP contribution in [0.1, 0.15) is 29.9 Å². The van der Waals surface area contributed by atoms with Gasteiger partial charge in [-0.1, -0.05) is 48.5 Å². The maximum absolute atomic E-state index is 12.8. The van der Waals surface area contributed by atoms with Gasteiger partial charge in [0.2, 0.25) is 0 Å². The maximum Gasteiger partial charge on any atom is 0.410 e. The van der Waals surface area contributed by atoms with E-state index in [4.69, 9.17) is 4.74 Å². The fourth-order valence-electron chi connectivity index (χ4n) is 4.55. The highest BCUT2D eigenvalue weighted by molar-refractivity contribution is 5.81. The number of nitrogens with zero attached hydrogens (tertiary/aromatic N) is 2. The van der Waals surface area contributed by atoms with Crippen LogP contribution in [0.2, 0.25) is 0 Å². The Bertz CT molecular complexity index is 881. The monoisotopic (exact) mass is 394 g/mol. The topological polar surface area (TPSA) is 70.1 Å². The molecule has 2 atom stereocenters. The molecule has 1 aliphatic carbocycles. The quantitative estimate of drug-likeness (QED) is 0.861. The highest BCUT2D eigenvalue weighted by atomic mass is 16.6. The Hall–Kier alpha value is -2.86. The van der Waals surface area contributed by atoms with Crippen molar-refractivity contribution < 1.29 is 19.4 Å². The summed E-state index contributed by atoms with van der Waals surface area (Å²) in [5.41, 5.74) is 4.61. The number of carbonyl (C=O) groups excluding carboxylic acids is 1. The number of carboxylic acids is 1. The van der Waals surface area contributed by atoms with Crippen LogP contribution in [0, 0.1) is 0 Å². The number of piperidine rings is 1. The number of aliphatic carboxylic acids is 1. The minimum atomic E-state index is -0.981. The molecule has 152 valence electrons. The number of rotatable bonds is 4. The van der Waals surface area contributed by atoms with E-state index in [-0.39, 0.29) is 18.6 Å². The molecule has 1 N–H and O–H groups in total. The van der Waals surface area contributed by atoms with E-state index in [1.54, 1.807) is 0 Å². The summed E-state index contributed by atoms with van der Waals surface area (Å²) in [6.45, 7) is 0.587. The van der Waals surface area contributed by atoms with Crippen molar-refractivity contribution in [3.05, 3.63) is 59.7 Å². The predicted molar refractivity (Wildman–Crippen MR) is 110 cm³/mol. The number of hydrogen-bond donors (Lipinski definition) is 1. The molecule has 6 nitrogen and oxygen atoms in total. The van der Waals surface area contributed by atoms with Crippen molar-refractivity contribution in [1.82, 2.24) is 9.80 Å². The summed E-state index contributed by atoms with van der Waals surface area (Å²) >= 11 is 0. The third kappa shape index (κ3) is 3.60. The first-order valence-electron chi connectivity index (χ1n) is 9.98. The van der Waals surface area contributed by atoms with E-state index in [1.165, 1.54) is 16.0 Å². The van der Waals surface area contributed by atoms with Crippen molar-refractivity contribution in [3.63, 3.8) is 0 Å². The number of amides is 1. The molecule has 6 heteroatoms. The molecular weight excluding hydrogens is 368 g/mol. The second kappa shape index (κ2) is 7.87. The molecular formula is C23H26N2O4. The van der Waals surface area contributed by atoms with Crippen LogP contribution in [0.5, 0.6) is 0 Å². The lowest BCUT2D eigenvalue weighted by Gasteiger charge is -2.39. The Balaban J connectivity index is 1.49. The molecule has 2 aliphatic rings. The van der Waals surface area contributed by atoms with E-state index >= 15 is 0 Å². The summed E-state index contributed by atoms with van der Waals surface area (Å²) < 4.78 is 5.67. The number of benzene rings is 2. The van der Waals surface area contributed by atoms with Gasteiger partial charge in [-0.2, -0.15) is 0 Å². The third-order valence-electron chi connectivity index (χ3n) is 6.16. The van der Waals surface area contributed by atoms with Crippen LogP contribution in [-0.2, 0) is 9.53 Å². The van der Waals surface area contributed by atoms with Gasteiger partial charge < -0.3 is 14.7 Å². The van der Waals surface area contributed by atoms with E-state index < -0.39 is 18.1 Å². The van der Waals surface area contributed by atoms with Gasteiger partial charge >= 0.3 is 12.1 Å². The average Bonchev–Trinajstić information content (AvgIpc) is 3.05. The molecule has 0 unspecified atom stereocenters. The van der Waals surface area contributed by atoms with E-state index in [1.807, 2.05) is 43.3 Å². The second-order valence-corrected chi connectivity index (χ2v) is 7.99. The molecule has 1 aliphatic heterocycles. The van der Waals surface area contributed by atoms with Gasteiger partial charge in [0.15, 0.2) is 0 Å². The third-order valence-corrected chi connectivity index (χ3v) is 6.16. The van der Waals surface area contributed by atoms with Crippen molar-refractivity contribution in [1.29, 1.82) is 0 Å². The van der Waals surface area contributed by atoms with Gasteiger partial charge in [-0.15, -0.1) is 0 Å². The highest BCUT2D eigenvalue weighted by Gasteiger charge is 2.38. The lowest BCUT2D eigenvalue weighted by atomic mass is 9.96. The largest absolute Gasteiger partial charge is 0.480 e. The van der Waals surface area contributed by atoms with E-state index in [9.17, 15) is 14.7 Å². The molecule has 0 radical (unpaired) electrons. The molecule has 0 saturated carbocycles. The van der Waals surface area contributed by atoms with Gasteiger partial charge in [0.05, 0.1) is 0 Å². The standard InChI is InChI=1S/C23H26N2O4/c1-24(2)15-11-12-25(21(13-15)22(26)27)23(28)29-14-20-18-9-5-3-7-16(18)17-8-4-6-10-19(17)20/h3-10,15,20-21H,11-14H2,1-2H3,(H,26,27)/t15-,21+/m1/s1. The molecule has 4 rings (SSSR count). The molecule has 0 bridgehead atoms. The fourth-order valence-corrected chi connectivity index (χ4v) is 4.55. The van der Waals surface area contributed by atoms with E-state index in [0.717, 1.165) is 17.5 Å². The normalized spacial score (nSPS) is 21.0. The summed E-state index contributed by atoms with van der Waals surface area (Å²) in [5, 5.41) is 9.63. The number of hydrogen-bond acceptors (Lipinski definition) is 4. The Morgan fingerprint density at radius 2 is 1.66 bits per heavy atom. The molecule has 2 aromatic carbocycles. The van der Waals surface area contributed by atoms with Crippen LogP contribution in [-0.4, -0.2) is 66.3 Å². The Morgan fingerprint density at radius 3 is 2.21 bits per heavy atom. The Labute approximate surface area is 170 Å². The molecule has 0 aromatic heterocycles. The van der Waals surface area contributed by atoms with Crippen LogP contribution in [0.4, 0.5) is 4.79 Å². The molecule has 0 spiro atoms. The zero-order valence-corrected chi connectivity index (χ0v) is 16.7. The van der Waals surface area contributed by atoms with Crippen LogP contribution >= 0.6 is 0 Å². The lowest BCUT2D eigenvalue weighted by molar-refractivity contribution is -0.144. The van der Waals surface area contributed by atoms with E-state index in [2.05, 4.69) is 24.3 Å². The van der Waals surface area contributed by atoms with Gasteiger partial charge in [-0.3, -0.25) is 4.90 Å². The van der Waals surface area contributed by atoms with Gasteiger partial charge in [-0.05, 0) is 49.2 Å². The first-order chi connectivity index (χ1) is 14.0. The van der Waals surface area contributed by atoms with Crippen molar-refractivity contribution in [3.8, 4) is 11.1 Å². The molecule has 1 amide bonds. The zero-order valence-electron chi connectivity index (χ0n) is 16.7. The Kier molecular flexibility index (Phi) is 5.28. The SMILES string of the molecule is CN(C)[C@@H]1CCN(C(=O)OCC2c3ccccc3-c3ccccc32)[C@H](C(=O)O)C1. The number of carbonyl (C=O) groups is 2. The molecule has 29 heavy (non-hydrogen) atoms. The first kappa shape index (κ1) is 19.5. The average molecular weight is 394 g/mol. The minimum Gasteiger partial charge on any atom is -0.480 e.